The van der Waals surface area contributed by atoms with Gasteiger partial charge in [0.1, 0.15) is 15.6 Å². The zero-order valence-corrected chi connectivity index (χ0v) is 17.0. The predicted octanol–water partition coefficient (Wildman–Crippen LogP) is 5.50. The molecule has 2 N–H and O–H groups in total. The lowest BCUT2D eigenvalue weighted by molar-refractivity contribution is 0.0367. The van der Waals surface area contributed by atoms with Gasteiger partial charge in [0, 0.05) is 11.6 Å². The first-order chi connectivity index (χ1) is 13.0. The molecular weight excluding hydrogens is 365 g/mol. The van der Waals surface area contributed by atoms with Crippen LogP contribution in [0.2, 0.25) is 0 Å². The monoisotopic (exact) mass is 389 g/mol. The van der Waals surface area contributed by atoms with Gasteiger partial charge in [-0.3, -0.25) is 9.63 Å². The van der Waals surface area contributed by atoms with E-state index >= 15 is 0 Å². The molecule has 0 saturated heterocycles. The van der Waals surface area contributed by atoms with Gasteiger partial charge in [-0.05, 0) is 50.1 Å². The van der Waals surface area contributed by atoms with Crippen molar-refractivity contribution in [2.45, 2.75) is 34.6 Å². The van der Waals surface area contributed by atoms with Crippen LogP contribution in [0.1, 0.15) is 42.3 Å². The lowest BCUT2D eigenvalue weighted by Crippen LogP contribution is -2.24. The van der Waals surface area contributed by atoms with E-state index in [4.69, 9.17) is 4.84 Å². The van der Waals surface area contributed by atoms with E-state index in [0.29, 0.717) is 27.7 Å². The van der Waals surface area contributed by atoms with Gasteiger partial charge in [0.05, 0.1) is 17.9 Å². The fourth-order valence-corrected chi connectivity index (χ4v) is 3.64. The molecule has 0 fully saturated rings. The fourth-order valence-electron chi connectivity index (χ4n) is 2.51. The number of hydroxylamine groups is 1. The zero-order valence-electron chi connectivity index (χ0n) is 16.1. The molecule has 27 heavy (non-hydrogen) atoms. The first kappa shape index (κ1) is 20.8. The van der Waals surface area contributed by atoms with Gasteiger partial charge >= 0.3 is 0 Å². The Bertz CT molecular complexity index is 940. The predicted molar refractivity (Wildman–Crippen MR) is 109 cm³/mol. The van der Waals surface area contributed by atoms with Crippen LogP contribution in [0.3, 0.4) is 0 Å². The van der Waals surface area contributed by atoms with Crippen molar-refractivity contribution in [2.24, 2.45) is 0 Å². The molecule has 2 aromatic heterocycles. The molecular formula is C20H24FN3O2S. The Balaban J connectivity index is 0.00000126. The molecule has 0 aliphatic heterocycles. The van der Waals surface area contributed by atoms with E-state index in [-0.39, 0.29) is 11.7 Å². The number of carbonyl (C=O) groups excluding carboxylic acids is 1. The van der Waals surface area contributed by atoms with Gasteiger partial charge < -0.3 is 5.32 Å². The highest BCUT2D eigenvalue weighted by Gasteiger charge is 2.22. The summed E-state index contributed by atoms with van der Waals surface area (Å²) in [5, 5.41) is 4.29. The molecule has 0 saturated carbocycles. The first-order valence-electron chi connectivity index (χ1n) is 8.84. The van der Waals surface area contributed by atoms with Crippen LogP contribution in [0.25, 0.3) is 10.2 Å². The highest BCUT2D eigenvalue weighted by molar-refractivity contribution is 7.23. The molecule has 0 atom stereocenters. The van der Waals surface area contributed by atoms with Gasteiger partial charge in [-0.2, -0.15) is 0 Å². The van der Waals surface area contributed by atoms with Gasteiger partial charge in [0.25, 0.3) is 5.91 Å². The maximum atomic E-state index is 14.2. The van der Waals surface area contributed by atoms with Crippen LogP contribution >= 0.6 is 11.3 Å². The molecule has 0 radical (unpaired) electrons. The van der Waals surface area contributed by atoms with Crippen LogP contribution in [0.5, 0.6) is 0 Å². The molecule has 3 aromatic rings. The van der Waals surface area contributed by atoms with E-state index < -0.39 is 0 Å². The van der Waals surface area contributed by atoms with Gasteiger partial charge in [0.15, 0.2) is 0 Å². The van der Waals surface area contributed by atoms with E-state index in [2.05, 4.69) is 15.8 Å². The summed E-state index contributed by atoms with van der Waals surface area (Å²) >= 11 is 1.30. The summed E-state index contributed by atoms with van der Waals surface area (Å²) in [7, 11) is 0. The second kappa shape index (κ2) is 9.43. The molecule has 2 heterocycles. The van der Waals surface area contributed by atoms with Gasteiger partial charge in [-0.15, -0.1) is 0 Å². The summed E-state index contributed by atoms with van der Waals surface area (Å²) in [5.74, 6) is -0.766. The van der Waals surface area contributed by atoms with Crippen LogP contribution in [0, 0.1) is 19.7 Å². The van der Waals surface area contributed by atoms with Crippen LogP contribution in [0.15, 0.2) is 30.5 Å². The van der Waals surface area contributed by atoms with Crippen molar-refractivity contribution in [3.05, 3.63) is 53.0 Å². The Labute approximate surface area is 162 Å². The number of hydrogen-bond acceptors (Lipinski definition) is 5. The largest absolute Gasteiger partial charge is 0.344 e. The number of rotatable bonds is 5. The van der Waals surface area contributed by atoms with Crippen molar-refractivity contribution in [1.29, 1.82) is 0 Å². The van der Waals surface area contributed by atoms with E-state index in [1.54, 1.807) is 19.2 Å². The average molecular weight is 389 g/mol. The number of aryl methyl sites for hydroxylation is 2. The molecule has 7 heteroatoms. The van der Waals surface area contributed by atoms with Crippen molar-refractivity contribution in [1.82, 2.24) is 10.5 Å². The van der Waals surface area contributed by atoms with Crippen LogP contribution in [0.4, 0.5) is 15.1 Å². The molecule has 0 aliphatic rings. The molecule has 0 spiro atoms. The highest BCUT2D eigenvalue weighted by atomic mass is 32.1. The van der Waals surface area contributed by atoms with Crippen molar-refractivity contribution >= 4 is 38.1 Å². The van der Waals surface area contributed by atoms with Crippen molar-refractivity contribution in [2.75, 3.05) is 11.9 Å². The minimum Gasteiger partial charge on any atom is -0.344 e. The van der Waals surface area contributed by atoms with Gasteiger partial charge in [0.2, 0.25) is 0 Å². The SMILES string of the molecule is CC.CCONC(=O)c1c(Nc2ccc(C)cc2F)sc2nccc(C)c12. The minimum absolute atomic E-state index is 0.306. The van der Waals surface area contributed by atoms with Crippen LogP contribution < -0.4 is 10.8 Å². The third kappa shape index (κ3) is 4.61. The molecule has 144 valence electrons. The Kier molecular flexibility index (Phi) is 7.27. The van der Waals surface area contributed by atoms with Crippen LogP contribution in [-0.2, 0) is 4.84 Å². The maximum absolute atomic E-state index is 14.2. The topological polar surface area (TPSA) is 63.2 Å². The van der Waals surface area contributed by atoms with Gasteiger partial charge in [-0.25, -0.2) is 14.9 Å². The Morgan fingerprint density at radius 2 is 2.00 bits per heavy atom. The quantitative estimate of drug-likeness (QED) is 0.565. The van der Waals surface area contributed by atoms with E-state index in [0.717, 1.165) is 16.5 Å². The number of amides is 1. The normalized spacial score (nSPS) is 10.3. The van der Waals surface area contributed by atoms with E-state index in [9.17, 15) is 9.18 Å². The number of benzene rings is 1. The Hall–Kier alpha value is -2.51. The number of fused-ring (bicyclic) bond motifs is 1. The number of pyridine rings is 1. The second-order valence-corrected chi connectivity index (χ2v) is 6.59. The Morgan fingerprint density at radius 1 is 1.26 bits per heavy atom. The number of carbonyl (C=O) groups is 1. The zero-order chi connectivity index (χ0) is 20.0. The number of anilines is 2. The summed E-state index contributed by atoms with van der Waals surface area (Å²) < 4.78 is 14.2. The molecule has 1 amide bonds. The standard InChI is InChI=1S/C18H18FN3O2S.C2H6/c1-4-24-22-16(23)15-14-11(3)7-8-20-17(14)25-18(15)21-13-6-5-10(2)9-12(13)19;1-2/h5-9,21H,4H2,1-3H3,(H,22,23);1-2H3. The molecule has 3 rings (SSSR count). The second-order valence-electron chi connectivity index (χ2n) is 5.59. The fraction of sp³-hybridized carbons (Fsp3) is 0.300. The summed E-state index contributed by atoms with van der Waals surface area (Å²) in [4.78, 5) is 22.7. The summed E-state index contributed by atoms with van der Waals surface area (Å²) in [6, 6.07) is 6.74. The van der Waals surface area contributed by atoms with Crippen molar-refractivity contribution in [3.8, 4) is 0 Å². The maximum Gasteiger partial charge on any atom is 0.278 e. The number of hydrogen-bond donors (Lipinski definition) is 2. The van der Waals surface area contributed by atoms with Crippen molar-refractivity contribution in [3.63, 3.8) is 0 Å². The number of aromatic nitrogens is 1. The highest BCUT2D eigenvalue weighted by Crippen LogP contribution is 2.38. The third-order valence-corrected chi connectivity index (χ3v) is 4.72. The van der Waals surface area contributed by atoms with E-state index in [1.165, 1.54) is 17.4 Å². The smallest absolute Gasteiger partial charge is 0.278 e. The number of nitrogens with zero attached hydrogens (tertiary/aromatic N) is 1. The van der Waals surface area contributed by atoms with Crippen LogP contribution in [-0.4, -0.2) is 17.5 Å². The average Bonchev–Trinajstić information content (AvgIpc) is 3.03. The summed E-state index contributed by atoms with van der Waals surface area (Å²) in [6.07, 6.45) is 1.69. The third-order valence-electron chi connectivity index (χ3n) is 3.71. The van der Waals surface area contributed by atoms with Crippen molar-refractivity contribution < 1.29 is 14.0 Å². The molecule has 0 unspecified atom stereocenters. The lowest BCUT2D eigenvalue weighted by Gasteiger charge is -2.10. The molecule has 0 bridgehead atoms. The first-order valence-corrected chi connectivity index (χ1v) is 9.66. The molecule has 0 aliphatic carbocycles. The minimum atomic E-state index is -0.390. The Morgan fingerprint density at radius 3 is 2.67 bits per heavy atom. The molecule has 5 nitrogen and oxygen atoms in total. The van der Waals surface area contributed by atoms with Gasteiger partial charge in [-0.1, -0.05) is 31.3 Å². The summed E-state index contributed by atoms with van der Waals surface area (Å²) in [5.41, 5.74) is 4.86. The van der Waals surface area contributed by atoms with E-state index in [1.807, 2.05) is 39.8 Å². The lowest BCUT2D eigenvalue weighted by atomic mass is 10.1. The number of thiophene rings is 1. The molecule has 1 aromatic carbocycles. The number of nitrogens with one attached hydrogen (secondary N) is 2. The number of halogens is 1. The summed E-state index contributed by atoms with van der Waals surface area (Å²) in [6.45, 7) is 9.85.